The molecule has 0 heterocycles. The molecule has 0 rings (SSSR count). The Morgan fingerprint density at radius 2 is 2.17 bits per heavy atom. The van der Waals surface area contributed by atoms with Crippen molar-refractivity contribution in [1.29, 1.82) is 0 Å². The molecule has 0 aliphatic carbocycles. The van der Waals surface area contributed by atoms with Crippen LogP contribution in [0, 0.1) is 19.8 Å². The van der Waals surface area contributed by atoms with Crippen molar-refractivity contribution in [2.75, 3.05) is 0 Å². The van der Waals surface area contributed by atoms with E-state index in [0.717, 1.165) is 6.42 Å². The van der Waals surface area contributed by atoms with E-state index < -0.39 is 0 Å². The second-order valence-corrected chi connectivity index (χ2v) is 1.27. The molecule has 35 valence electrons. The van der Waals surface area contributed by atoms with Gasteiger partial charge in [-0.2, -0.15) is 0 Å². The van der Waals surface area contributed by atoms with Gasteiger partial charge in [0.25, 0.3) is 0 Å². The summed E-state index contributed by atoms with van der Waals surface area (Å²) in [7, 11) is 0. The largest absolute Gasteiger partial charge is 0.0623 e. The summed E-state index contributed by atoms with van der Waals surface area (Å²) in [6.07, 6.45) is 6.36. The molecule has 0 aliphatic rings. The monoisotopic (exact) mass is 83.1 g/mol. The summed E-state index contributed by atoms with van der Waals surface area (Å²) in [6, 6.07) is 0. The van der Waals surface area contributed by atoms with Crippen molar-refractivity contribution in [3.8, 4) is 0 Å². The Labute approximate surface area is 40.6 Å². The molecule has 3 radical (unpaired) electrons. The van der Waals surface area contributed by atoms with E-state index in [-0.39, 0.29) is 0 Å². The predicted molar refractivity (Wildman–Crippen MR) is 28.9 cm³/mol. The van der Waals surface area contributed by atoms with E-state index in [2.05, 4.69) is 20.3 Å². The number of rotatable bonds is 3. The molecular weight excluding hydrogens is 72.1 g/mol. The third kappa shape index (κ3) is 4.00. The van der Waals surface area contributed by atoms with Crippen LogP contribution in [0.2, 0.25) is 0 Å². The summed E-state index contributed by atoms with van der Waals surface area (Å²) in [5.41, 5.74) is 0. The fraction of sp³-hybridized carbons (Fsp3) is 0.500. The van der Waals surface area contributed by atoms with E-state index >= 15 is 0 Å². The Balaban J connectivity index is 2.34. The van der Waals surface area contributed by atoms with Crippen LogP contribution in [0.25, 0.3) is 0 Å². The third-order valence-electron chi connectivity index (χ3n) is 0.659. The quantitative estimate of drug-likeness (QED) is 0.458. The Morgan fingerprint density at radius 3 is 2.33 bits per heavy atom. The predicted octanol–water partition coefficient (Wildman–Crippen LogP) is 2.03. The molecule has 0 spiro atoms. The van der Waals surface area contributed by atoms with Crippen LogP contribution in [0.1, 0.15) is 19.8 Å². The zero-order valence-corrected chi connectivity index (χ0v) is 4.28. The molecule has 6 heavy (non-hydrogen) atoms. The number of unbranched alkanes of at least 4 members (excludes halogenated alkanes) is 3. The van der Waals surface area contributed by atoms with Gasteiger partial charge in [-0.05, 0) is 26.2 Å². The van der Waals surface area contributed by atoms with Gasteiger partial charge in [-0.25, -0.2) is 0 Å². The van der Waals surface area contributed by atoms with Gasteiger partial charge < -0.3 is 0 Å². The minimum Gasteiger partial charge on any atom is -0.0623 e. The van der Waals surface area contributed by atoms with Crippen molar-refractivity contribution in [3.05, 3.63) is 19.8 Å². The van der Waals surface area contributed by atoms with Gasteiger partial charge in [0.15, 0.2) is 0 Å². The maximum absolute atomic E-state index is 3.58. The van der Waals surface area contributed by atoms with Crippen LogP contribution in [0.15, 0.2) is 0 Å². The first-order valence-corrected chi connectivity index (χ1v) is 2.30. The fourth-order valence-electron chi connectivity index (χ4n) is 0.285. The van der Waals surface area contributed by atoms with Crippen LogP contribution < -0.4 is 0 Å². The average molecular weight is 83.2 g/mol. The molecule has 0 saturated heterocycles. The third-order valence-corrected chi connectivity index (χ3v) is 0.659. The fourth-order valence-corrected chi connectivity index (χ4v) is 0.285. The molecular formula is C6H11. The molecule has 0 aromatic rings. The summed E-state index contributed by atoms with van der Waals surface area (Å²) in [4.78, 5) is 0. The molecule has 0 heteroatoms. The van der Waals surface area contributed by atoms with Crippen molar-refractivity contribution < 1.29 is 0 Å². The van der Waals surface area contributed by atoms with Crippen molar-refractivity contribution in [2.45, 2.75) is 19.8 Å². The zero-order valence-electron chi connectivity index (χ0n) is 4.28. The van der Waals surface area contributed by atoms with Gasteiger partial charge in [0.1, 0.15) is 0 Å². The SMILES string of the molecule is [CH2][CH]CC[CH]C. The van der Waals surface area contributed by atoms with Crippen molar-refractivity contribution in [3.63, 3.8) is 0 Å². The number of hydrogen-bond acceptors (Lipinski definition) is 0. The van der Waals surface area contributed by atoms with E-state index in [1.807, 2.05) is 6.42 Å². The molecule has 0 saturated carbocycles. The standard InChI is InChI=1S/C6H11/c1-3-5-6-4-2/h3-4H,1,5-6H2,2H3. The van der Waals surface area contributed by atoms with Crippen molar-refractivity contribution in [1.82, 2.24) is 0 Å². The van der Waals surface area contributed by atoms with Gasteiger partial charge in [-0.15, -0.1) is 0 Å². The normalized spacial score (nSPS) is 9.00. The molecule has 0 atom stereocenters. The molecule has 0 amide bonds. The van der Waals surface area contributed by atoms with Gasteiger partial charge in [-0.3, -0.25) is 0 Å². The molecule has 0 unspecified atom stereocenters. The highest BCUT2D eigenvalue weighted by molar-refractivity contribution is 4.69. The van der Waals surface area contributed by atoms with Crippen LogP contribution in [-0.2, 0) is 0 Å². The number of hydrogen-bond donors (Lipinski definition) is 0. The minimum atomic E-state index is 1.12. The lowest BCUT2D eigenvalue weighted by Crippen LogP contribution is -1.68. The average Bonchev–Trinajstić information content (AvgIpc) is 1.61. The summed E-state index contributed by atoms with van der Waals surface area (Å²) in [5, 5.41) is 0. The Kier molecular flexibility index (Phi) is 5.00. The Morgan fingerprint density at radius 1 is 1.50 bits per heavy atom. The maximum Gasteiger partial charge on any atom is -0.0386 e. The van der Waals surface area contributed by atoms with Gasteiger partial charge in [-0.1, -0.05) is 13.3 Å². The van der Waals surface area contributed by atoms with Crippen LogP contribution in [-0.4, -0.2) is 0 Å². The minimum absolute atomic E-state index is 1.12. The van der Waals surface area contributed by atoms with Gasteiger partial charge >= 0.3 is 0 Å². The highest BCUT2D eigenvalue weighted by Gasteiger charge is 1.76. The molecule has 0 aliphatic heterocycles. The lowest BCUT2D eigenvalue weighted by molar-refractivity contribution is 0.937. The molecule has 0 aromatic heterocycles. The lowest BCUT2D eigenvalue weighted by atomic mass is 10.2. The maximum atomic E-state index is 3.58. The van der Waals surface area contributed by atoms with Crippen LogP contribution in [0.3, 0.4) is 0 Å². The van der Waals surface area contributed by atoms with E-state index in [4.69, 9.17) is 0 Å². The second kappa shape index (κ2) is 5.00. The molecule has 0 aromatic carbocycles. The Hall–Kier alpha value is 0. The smallest absolute Gasteiger partial charge is 0.0386 e. The van der Waals surface area contributed by atoms with Crippen LogP contribution in [0.5, 0.6) is 0 Å². The molecule has 0 N–H and O–H groups in total. The second-order valence-electron chi connectivity index (χ2n) is 1.27. The van der Waals surface area contributed by atoms with E-state index in [1.54, 1.807) is 0 Å². The topological polar surface area (TPSA) is 0 Å². The molecule has 0 nitrogen and oxygen atoms in total. The van der Waals surface area contributed by atoms with Gasteiger partial charge in [0.05, 0.1) is 0 Å². The first-order valence-electron chi connectivity index (χ1n) is 2.30. The van der Waals surface area contributed by atoms with Gasteiger partial charge in [0.2, 0.25) is 0 Å². The van der Waals surface area contributed by atoms with Crippen LogP contribution in [0.4, 0.5) is 0 Å². The Bertz CT molecular complexity index is 12.0. The summed E-state index contributed by atoms with van der Waals surface area (Å²) in [5.74, 6) is 0. The van der Waals surface area contributed by atoms with Crippen molar-refractivity contribution in [2.24, 2.45) is 0 Å². The first-order chi connectivity index (χ1) is 2.91. The highest BCUT2D eigenvalue weighted by Crippen LogP contribution is 1.92. The first kappa shape index (κ1) is 6.00. The zero-order chi connectivity index (χ0) is 4.83. The van der Waals surface area contributed by atoms with Gasteiger partial charge in [0, 0.05) is 0 Å². The molecule has 0 fully saturated rings. The van der Waals surface area contributed by atoms with E-state index in [0.29, 0.717) is 0 Å². The summed E-state index contributed by atoms with van der Waals surface area (Å²) in [6.45, 7) is 5.64. The summed E-state index contributed by atoms with van der Waals surface area (Å²) >= 11 is 0. The summed E-state index contributed by atoms with van der Waals surface area (Å²) < 4.78 is 0. The van der Waals surface area contributed by atoms with Crippen LogP contribution >= 0.6 is 0 Å². The van der Waals surface area contributed by atoms with E-state index in [1.165, 1.54) is 6.42 Å². The molecule has 0 bridgehead atoms. The van der Waals surface area contributed by atoms with Crippen molar-refractivity contribution >= 4 is 0 Å². The highest BCUT2D eigenvalue weighted by atomic mass is 13.8. The lowest BCUT2D eigenvalue weighted by Gasteiger charge is -1.85. The van der Waals surface area contributed by atoms with E-state index in [9.17, 15) is 0 Å².